The Kier molecular flexibility index (Phi) is 1.88. The molecule has 9 heavy (non-hydrogen) atoms. The first-order valence-corrected chi connectivity index (χ1v) is 3.18. The van der Waals surface area contributed by atoms with Crippen LogP contribution in [0.3, 0.4) is 0 Å². The van der Waals surface area contributed by atoms with Gasteiger partial charge in [0.25, 0.3) is 0 Å². The SMILES string of the molecule is O=C(O)/C=C/CC1CC1. The maximum absolute atomic E-state index is 9.91. The highest BCUT2D eigenvalue weighted by molar-refractivity contribution is 5.79. The van der Waals surface area contributed by atoms with Crippen molar-refractivity contribution in [3.63, 3.8) is 0 Å². The lowest BCUT2D eigenvalue weighted by atomic mass is 10.3. The Morgan fingerprint density at radius 1 is 1.67 bits per heavy atom. The molecule has 1 aliphatic carbocycles. The van der Waals surface area contributed by atoms with Gasteiger partial charge in [0.1, 0.15) is 0 Å². The van der Waals surface area contributed by atoms with Gasteiger partial charge in [0, 0.05) is 6.08 Å². The number of rotatable bonds is 3. The zero-order valence-corrected chi connectivity index (χ0v) is 5.21. The summed E-state index contributed by atoms with van der Waals surface area (Å²) < 4.78 is 0. The van der Waals surface area contributed by atoms with E-state index in [0.717, 1.165) is 12.3 Å². The second kappa shape index (κ2) is 2.67. The molecule has 0 aliphatic heterocycles. The third-order valence-electron chi connectivity index (χ3n) is 1.43. The summed E-state index contributed by atoms with van der Waals surface area (Å²) in [4.78, 5) is 9.91. The molecule has 50 valence electrons. The molecule has 1 aliphatic rings. The first kappa shape index (κ1) is 6.33. The van der Waals surface area contributed by atoms with E-state index in [9.17, 15) is 4.79 Å². The summed E-state index contributed by atoms with van der Waals surface area (Å²) in [6, 6.07) is 0. The van der Waals surface area contributed by atoms with Crippen molar-refractivity contribution in [2.75, 3.05) is 0 Å². The summed E-state index contributed by atoms with van der Waals surface area (Å²) in [5, 5.41) is 8.16. The van der Waals surface area contributed by atoms with E-state index < -0.39 is 5.97 Å². The molecule has 0 unspecified atom stereocenters. The van der Waals surface area contributed by atoms with E-state index in [4.69, 9.17) is 5.11 Å². The number of hydrogen-bond acceptors (Lipinski definition) is 1. The van der Waals surface area contributed by atoms with Crippen LogP contribution in [0.4, 0.5) is 0 Å². The minimum absolute atomic E-state index is 0.792. The van der Waals surface area contributed by atoms with Gasteiger partial charge < -0.3 is 5.11 Å². The Morgan fingerprint density at radius 3 is 2.78 bits per heavy atom. The van der Waals surface area contributed by atoms with Crippen LogP contribution >= 0.6 is 0 Å². The lowest BCUT2D eigenvalue weighted by Crippen LogP contribution is -1.85. The third kappa shape index (κ3) is 2.90. The van der Waals surface area contributed by atoms with Gasteiger partial charge in [0.2, 0.25) is 0 Å². The number of carbonyl (C=O) groups is 1. The van der Waals surface area contributed by atoms with Crippen LogP contribution in [0.25, 0.3) is 0 Å². The largest absolute Gasteiger partial charge is 0.478 e. The topological polar surface area (TPSA) is 37.3 Å². The smallest absolute Gasteiger partial charge is 0.327 e. The molecule has 1 saturated carbocycles. The molecule has 0 heterocycles. The fourth-order valence-electron chi connectivity index (χ4n) is 0.715. The lowest BCUT2D eigenvalue weighted by Gasteiger charge is -1.82. The van der Waals surface area contributed by atoms with Crippen LogP contribution in [0, 0.1) is 5.92 Å². The quantitative estimate of drug-likeness (QED) is 0.581. The van der Waals surface area contributed by atoms with Crippen molar-refractivity contribution in [1.29, 1.82) is 0 Å². The standard InChI is InChI=1S/C7H10O2/c8-7(9)3-1-2-6-4-5-6/h1,3,6H,2,4-5H2,(H,8,9)/b3-1+. The molecule has 0 saturated heterocycles. The van der Waals surface area contributed by atoms with Gasteiger partial charge in [0.05, 0.1) is 0 Å². The predicted molar refractivity (Wildman–Crippen MR) is 34.1 cm³/mol. The highest BCUT2D eigenvalue weighted by Gasteiger charge is 2.18. The Labute approximate surface area is 54.2 Å². The van der Waals surface area contributed by atoms with Crippen LogP contribution in [-0.2, 0) is 4.79 Å². The van der Waals surface area contributed by atoms with Gasteiger partial charge in [-0.15, -0.1) is 0 Å². The van der Waals surface area contributed by atoms with Gasteiger partial charge in [-0.2, -0.15) is 0 Å². The molecule has 0 amide bonds. The molecule has 2 nitrogen and oxygen atoms in total. The normalized spacial score (nSPS) is 18.7. The Bertz CT molecular complexity index is 134. The Hall–Kier alpha value is -0.790. The summed E-state index contributed by atoms with van der Waals surface area (Å²) in [5.74, 6) is -0.0451. The van der Waals surface area contributed by atoms with E-state index in [1.807, 2.05) is 0 Å². The van der Waals surface area contributed by atoms with E-state index in [1.165, 1.54) is 18.9 Å². The van der Waals surface area contributed by atoms with E-state index >= 15 is 0 Å². The molecular formula is C7H10O2. The summed E-state index contributed by atoms with van der Waals surface area (Å²) in [5.41, 5.74) is 0. The van der Waals surface area contributed by atoms with Crippen LogP contribution in [0.15, 0.2) is 12.2 Å². The monoisotopic (exact) mass is 126 g/mol. The van der Waals surface area contributed by atoms with Crippen molar-refractivity contribution in [3.05, 3.63) is 12.2 Å². The maximum Gasteiger partial charge on any atom is 0.327 e. The summed E-state index contributed by atoms with van der Waals surface area (Å²) in [6.07, 6.45) is 6.47. The van der Waals surface area contributed by atoms with Crippen molar-refractivity contribution in [2.24, 2.45) is 5.92 Å². The molecule has 0 aromatic rings. The minimum atomic E-state index is -0.837. The van der Waals surface area contributed by atoms with Crippen LogP contribution in [-0.4, -0.2) is 11.1 Å². The van der Waals surface area contributed by atoms with Gasteiger partial charge in [0.15, 0.2) is 0 Å². The van der Waals surface area contributed by atoms with Crippen molar-refractivity contribution in [3.8, 4) is 0 Å². The van der Waals surface area contributed by atoms with Crippen LogP contribution in [0.5, 0.6) is 0 Å². The number of carboxylic acid groups (broad SMARTS) is 1. The zero-order valence-electron chi connectivity index (χ0n) is 5.21. The summed E-state index contributed by atoms with van der Waals surface area (Å²) >= 11 is 0. The van der Waals surface area contributed by atoms with Gasteiger partial charge >= 0.3 is 5.97 Å². The minimum Gasteiger partial charge on any atom is -0.478 e. The van der Waals surface area contributed by atoms with E-state index in [2.05, 4.69) is 0 Å². The molecule has 0 radical (unpaired) electrons. The van der Waals surface area contributed by atoms with Crippen molar-refractivity contribution in [2.45, 2.75) is 19.3 Å². The molecule has 1 rings (SSSR count). The fourth-order valence-corrected chi connectivity index (χ4v) is 0.715. The Morgan fingerprint density at radius 2 is 2.33 bits per heavy atom. The van der Waals surface area contributed by atoms with Gasteiger partial charge in [-0.3, -0.25) is 0 Å². The molecule has 0 spiro atoms. The zero-order chi connectivity index (χ0) is 6.69. The van der Waals surface area contributed by atoms with Crippen molar-refractivity contribution >= 4 is 5.97 Å². The first-order valence-electron chi connectivity index (χ1n) is 3.18. The van der Waals surface area contributed by atoms with Crippen LogP contribution < -0.4 is 0 Å². The van der Waals surface area contributed by atoms with E-state index in [0.29, 0.717) is 0 Å². The molecule has 0 bridgehead atoms. The summed E-state index contributed by atoms with van der Waals surface area (Å²) in [7, 11) is 0. The third-order valence-corrected chi connectivity index (χ3v) is 1.43. The van der Waals surface area contributed by atoms with Crippen LogP contribution in [0.2, 0.25) is 0 Å². The molecular weight excluding hydrogens is 116 g/mol. The second-order valence-corrected chi connectivity index (χ2v) is 2.42. The van der Waals surface area contributed by atoms with E-state index in [1.54, 1.807) is 6.08 Å². The molecule has 1 N–H and O–H groups in total. The Balaban J connectivity index is 2.08. The molecule has 0 aromatic heterocycles. The summed E-state index contributed by atoms with van der Waals surface area (Å²) in [6.45, 7) is 0. The average molecular weight is 126 g/mol. The average Bonchev–Trinajstić information content (AvgIpc) is 2.48. The number of aliphatic carboxylic acids is 1. The van der Waals surface area contributed by atoms with Gasteiger partial charge in [-0.1, -0.05) is 6.08 Å². The lowest BCUT2D eigenvalue weighted by molar-refractivity contribution is -0.131. The number of allylic oxidation sites excluding steroid dienone is 1. The molecule has 0 atom stereocenters. The van der Waals surface area contributed by atoms with E-state index in [-0.39, 0.29) is 0 Å². The maximum atomic E-state index is 9.91. The fraction of sp³-hybridized carbons (Fsp3) is 0.571. The number of hydrogen-bond donors (Lipinski definition) is 1. The predicted octanol–water partition coefficient (Wildman–Crippen LogP) is 1.43. The second-order valence-electron chi connectivity index (χ2n) is 2.42. The highest BCUT2D eigenvalue weighted by atomic mass is 16.4. The molecule has 2 heteroatoms. The van der Waals surface area contributed by atoms with Gasteiger partial charge in [-0.25, -0.2) is 4.79 Å². The number of carboxylic acids is 1. The van der Waals surface area contributed by atoms with Gasteiger partial charge in [-0.05, 0) is 25.2 Å². The highest BCUT2D eigenvalue weighted by Crippen LogP contribution is 2.32. The molecule has 0 aromatic carbocycles. The first-order chi connectivity index (χ1) is 4.29. The van der Waals surface area contributed by atoms with Crippen LogP contribution in [0.1, 0.15) is 19.3 Å². The van der Waals surface area contributed by atoms with Crippen molar-refractivity contribution < 1.29 is 9.90 Å². The van der Waals surface area contributed by atoms with Crippen molar-refractivity contribution in [1.82, 2.24) is 0 Å². The molecule has 1 fully saturated rings.